The molecule has 49 valence electrons. The first-order valence-electron chi connectivity index (χ1n) is 3.03. The quantitative estimate of drug-likeness (QED) is 0.527. The van der Waals surface area contributed by atoms with Gasteiger partial charge in [-0.2, -0.15) is 0 Å². The predicted molar refractivity (Wildman–Crippen MR) is 34.7 cm³/mol. The summed E-state index contributed by atoms with van der Waals surface area (Å²) in [6.45, 7) is 2.01. The molecule has 0 amide bonds. The molecule has 0 rings (SSSR count). The summed E-state index contributed by atoms with van der Waals surface area (Å²) < 4.78 is 0. The third kappa shape index (κ3) is 4.41. The summed E-state index contributed by atoms with van der Waals surface area (Å²) >= 11 is 5.33. The van der Waals surface area contributed by atoms with Crippen molar-refractivity contribution in [3.8, 4) is 0 Å². The molecule has 0 saturated heterocycles. The van der Waals surface area contributed by atoms with E-state index in [4.69, 9.17) is 11.6 Å². The normalized spacial score (nSPS) is 13.9. The molecule has 8 heavy (non-hydrogen) atoms. The lowest BCUT2D eigenvalue weighted by molar-refractivity contribution is 0.0781. The molecule has 0 aromatic heterocycles. The molecule has 0 aromatic rings. The molecule has 1 atom stereocenters. The van der Waals surface area contributed by atoms with Crippen LogP contribution < -0.4 is 0 Å². The third-order valence-electron chi connectivity index (χ3n) is 1.04. The summed E-state index contributed by atoms with van der Waals surface area (Å²) in [4.78, 5) is 0. The molecule has 0 aliphatic heterocycles. The molecule has 0 bridgehead atoms. The number of alkyl halides is 1. The molecule has 2 heteroatoms. The van der Waals surface area contributed by atoms with Crippen LogP contribution in [0.5, 0.6) is 0 Å². The van der Waals surface area contributed by atoms with Crippen LogP contribution in [0.1, 0.15) is 26.2 Å². The van der Waals surface area contributed by atoms with Crippen LogP contribution in [-0.2, 0) is 5.11 Å². The fourth-order valence-electron chi connectivity index (χ4n) is 0.588. The van der Waals surface area contributed by atoms with E-state index in [1.807, 2.05) is 6.92 Å². The van der Waals surface area contributed by atoms with Crippen molar-refractivity contribution in [1.82, 2.24) is 0 Å². The van der Waals surface area contributed by atoms with E-state index in [1.54, 1.807) is 0 Å². The zero-order valence-electron chi connectivity index (χ0n) is 5.19. The number of halogens is 1. The highest BCUT2D eigenvalue weighted by molar-refractivity contribution is 6.17. The number of rotatable bonds is 4. The maximum Gasteiger partial charge on any atom is 0.0941 e. The molecule has 0 aliphatic carbocycles. The summed E-state index contributed by atoms with van der Waals surface area (Å²) in [7, 11) is 0. The maximum atomic E-state index is 10.6. The van der Waals surface area contributed by atoms with E-state index in [0.717, 1.165) is 12.8 Å². The Bertz CT molecular complexity index is 41.8. The fourth-order valence-corrected chi connectivity index (χ4v) is 0.831. The van der Waals surface area contributed by atoms with E-state index >= 15 is 0 Å². The molecule has 0 aliphatic rings. The lowest BCUT2D eigenvalue weighted by Gasteiger charge is -2.00. The molecular formula is C6H12ClO. The minimum atomic E-state index is -0.419. The second kappa shape index (κ2) is 5.39. The Morgan fingerprint density at radius 2 is 2.12 bits per heavy atom. The number of hydrogen-bond acceptors (Lipinski definition) is 0. The first-order valence-corrected chi connectivity index (χ1v) is 3.56. The van der Waals surface area contributed by atoms with Gasteiger partial charge in [0.05, 0.1) is 6.10 Å². The molecule has 0 aromatic carbocycles. The van der Waals surface area contributed by atoms with Crippen molar-refractivity contribution in [2.75, 3.05) is 5.88 Å². The molecule has 1 radical (unpaired) electrons. The monoisotopic (exact) mass is 135 g/mol. The Hall–Kier alpha value is 0.250. The minimum absolute atomic E-state index is 0.419. The van der Waals surface area contributed by atoms with Gasteiger partial charge in [-0.25, -0.2) is 5.11 Å². The Labute approximate surface area is 55.7 Å². The average Bonchev–Trinajstić information content (AvgIpc) is 1.68. The van der Waals surface area contributed by atoms with Gasteiger partial charge < -0.3 is 0 Å². The summed E-state index contributed by atoms with van der Waals surface area (Å²) in [6.07, 6.45) is 1.95. The zero-order chi connectivity index (χ0) is 6.41. The summed E-state index contributed by atoms with van der Waals surface area (Å²) in [6, 6.07) is 0. The maximum absolute atomic E-state index is 10.6. The van der Waals surface area contributed by atoms with Crippen molar-refractivity contribution in [2.24, 2.45) is 0 Å². The SMILES string of the molecule is CCCC([O])CCCl. The third-order valence-corrected chi connectivity index (χ3v) is 1.26. The Kier molecular flexibility index (Phi) is 5.56. The second-order valence-electron chi connectivity index (χ2n) is 1.89. The van der Waals surface area contributed by atoms with Gasteiger partial charge in [0.1, 0.15) is 0 Å². The largest absolute Gasteiger partial charge is 0.233 e. The molecular weight excluding hydrogens is 124 g/mol. The van der Waals surface area contributed by atoms with Crippen LogP contribution in [0.2, 0.25) is 0 Å². The summed E-state index contributed by atoms with van der Waals surface area (Å²) in [5, 5.41) is 10.6. The van der Waals surface area contributed by atoms with Gasteiger partial charge >= 0.3 is 0 Å². The Morgan fingerprint density at radius 3 is 2.50 bits per heavy atom. The highest BCUT2D eigenvalue weighted by Crippen LogP contribution is 2.01. The second-order valence-corrected chi connectivity index (χ2v) is 2.27. The lowest BCUT2D eigenvalue weighted by atomic mass is 10.2. The van der Waals surface area contributed by atoms with Gasteiger partial charge in [0.25, 0.3) is 0 Å². The van der Waals surface area contributed by atoms with Crippen molar-refractivity contribution >= 4 is 11.6 Å². The number of hydrogen-bond donors (Lipinski definition) is 0. The Morgan fingerprint density at radius 1 is 1.50 bits per heavy atom. The molecule has 1 unspecified atom stereocenters. The average molecular weight is 136 g/mol. The van der Waals surface area contributed by atoms with E-state index in [0.29, 0.717) is 12.3 Å². The van der Waals surface area contributed by atoms with Crippen molar-refractivity contribution < 1.29 is 5.11 Å². The van der Waals surface area contributed by atoms with Crippen LogP contribution >= 0.6 is 11.6 Å². The van der Waals surface area contributed by atoms with E-state index in [9.17, 15) is 5.11 Å². The van der Waals surface area contributed by atoms with Gasteiger partial charge in [0.2, 0.25) is 0 Å². The van der Waals surface area contributed by atoms with Crippen molar-refractivity contribution in [2.45, 2.75) is 32.3 Å². The van der Waals surface area contributed by atoms with E-state index in [1.165, 1.54) is 0 Å². The minimum Gasteiger partial charge on any atom is -0.233 e. The van der Waals surface area contributed by atoms with Gasteiger partial charge in [-0.1, -0.05) is 13.3 Å². The molecule has 0 saturated carbocycles. The van der Waals surface area contributed by atoms with E-state index in [-0.39, 0.29) is 0 Å². The fraction of sp³-hybridized carbons (Fsp3) is 1.00. The molecule has 0 heterocycles. The van der Waals surface area contributed by atoms with Crippen LogP contribution in [0.3, 0.4) is 0 Å². The first-order chi connectivity index (χ1) is 3.81. The van der Waals surface area contributed by atoms with E-state index in [2.05, 4.69) is 0 Å². The van der Waals surface area contributed by atoms with Crippen molar-refractivity contribution in [3.05, 3.63) is 0 Å². The van der Waals surface area contributed by atoms with Crippen molar-refractivity contribution in [3.63, 3.8) is 0 Å². The van der Waals surface area contributed by atoms with Gasteiger partial charge in [0.15, 0.2) is 0 Å². The standard InChI is InChI=1S/C6H12ClO/c1-2-3-6(8)4-5-7/h6H,2-5H2,1H3. The Balaban J connectivity index is 2.92. The molecule has 1 nitrogen and oxygen atoms in total. The van der Waals surface area contributed by atoms with Crippen LogP contribution in [0, 0.1) is 0 Å². The van der Waals surface area contributed by atoms with Crippen LogP contribution in [0.25, 0.3) is 0 Å². The van der Waals surface area contributed by atoms with Gasteiger partial charge in [-0.15, -0.1) is 11.6 Å². The summed E-state index contributed by atoms with van der Waals surface area (Å²) in [5.41, 5.74) is 0. The van der Waals surface area contributed by atoms with Crippen LogP contribution in [0.4, 0.5) is 0 Å². The predicted octanol–water partition coefficient (Wildman–Crippen LogP) is 2.21. The highest BCUT2D eigenvalue weighted by atomic mass is 35.5. The first kappa shape index (κ1) is 8.25. The molecule has 0 N–H and O–H groups in total. The van der Waals surface area contributed by atoms with Crippen LogP contribution in [-0.4, -0.2) is 12.0 Å². The topological polar surface area (TPSA) is 19.9 Å². The van der Waals surface area contributed by atoms with Gasteiger partial charge in [0, 0.05) is 5.88 Å². The smallest absolute Gasteiger partial charge is 0.0941 e. The van der Waals surface area contributed by atoms with Gasteiger partial charge in [-0.05, 0) is 12.8 Å². The van der Waals surface area contributed by atoms with Crippen molar-refractivity contribution in [1.29, 1.82) is 0 Å². The molecule has 0 spiro atoms. The van der Waals surface area contributed by atoms with Crippen LogP contribution in [0.15, 0.2) is 0 Å². The van der Waals surface area contributed by atoms with Gasteiger partial charge in [-0.3, -0.25) is 0 Å². The van der Waals surface area contributed by atoms with E-state index < -0.39 is 6.10 Å². The highest BCUT2D eigenvalue weighted by Gasteiger charge is 2.01. The lowest BCUT2D eigenvalue weighted by Crippen LogP contribution is -2.03. The zero-order valence-corrected chi connectivity index (χ0v) is 5.95. The molecule has 0 fully saturated rings. The summed E-state index contributed by atoms with van der Waals surface area (Å²) in [5.74, 6) is 0.508.